The highest BCUT2D eigenvalue weighted by Gasteiger charge is 2.19. The van der Waals surface area contributed by atoms with Gasteiger partial charge in [0.25, 0.3) is 5.69 Å². The van der Waals surface area contributed by atoms with E-state index >= 15 is 0 Å². The van der Waals surface area contributed by atoms with Crippen LogP contribution in [0.3, 0.4) is 0 Å². The zero-order valence-electron chi connectivity index (χ0n) is 9.92. The molecule has 0 heterocycles. The largest absolute Gasteiger partial charge is 0.273 e. The molecule has 1 rings (SSSR count). The summed E-state index contributed by atoms with van der Waals surface area (Å²) in [5, 5.41) is 10.7. The molecule has 0 radical (unpaired) electrons. The van der Waals surface area contributed by atoms with Crippen molar-refractivity contribution in [1.29, 1.82) is 0 Å². The van der Waals surface area contributed by atoms with Gasteiger partial charge in [0.15, 0.2) is 0 Å². The van der Waals surface area contributed by atoms with Crippen LogP contribution < -0.4 is 4.72 Å². The summed E-state index contributed by atoms with van der Waals surface area (Å²) in [6.45, 7) is 5.39. The second kappa shape index (κ2) is 5.74. The van der Waals surface area contributed by atoms with E-state index in [9.17, 15) is 18.5 Å². The van der Waals surface area contributed by atoms with E-state index in [1.54, 1.807) is 13.0 Å². The SMILES string of the molecule is C=C(C)CNS(=O)(=O)Cc1ccccc1[N+](=O)[O-]. The molecule has 0 saturated heterocycles. The molecular formula is C11H14N2O4S. The predicted octanol–water partition coefficient (Wildman–Crippen LogP) is 1.59. The van der Waals surface area contributed by atoms with Gasteiger partial charge in [0.1, 0.15) is 0 Å². The first kappa shape index (κ1) is 14.3. The Balaban J connectivity index is 2.90. The maximum absolute atomic E-state index is 11.7. The van der Waals surface area contributed by atoms with Crippen LogP contribution in [0, 0.1) is 10.1 Å². The number of nitrogens with one attached hydrogen (secondary N) is 1. The molecular weight excluding hydrogens is 256 g/mol. The van der Waals surface area contributed by atoms with Crippen LogP contribution in [-0.2, 0) is 15.8 Å². The second-order valence-corrected chi connectivity index (χ2v) is 5.73. The quantitative estimate of drug-likeness (QED) is 0.483. The second-order valence-electron chi connectivity index (χ2n) is 3.92. The van der Waals surface area contributed by atoms with Crippen LogP contribution in [0.15, 0.2) is 36.4 Å². The summed E-state index contributed by atoms with van der Waals surface area (Å²) in [7, 11) is -3.60. The van der Waals surface area contributed by atoms with E-state index in [4.69, 9.17) is 0 Å². The number of nitro benzene ring substituents is 1. The van der Waals surface area contributed by atoms with Gasteiger partial charge >= 0.3 is 0 Å². The molecule has 0 bridgehead atoms. The summed E-state index contributed by atoms with van der Waals surface area (Å²) in [6, 6.07) is 5.77. The Bertz CT molecular complexity index is 566. The summed E-state index contributed by atoms with van der Waals surface area (Å²) in [6.07, 6.45) is 0. The third kappa shape index (κ3) is 4.27. The van der Waals surface area contributed by atoms with Gasteiger partial charge in [-0.25, -0.2) is 13.1 Å². The number of hydrogen-bond donors (Lipinski definition) is 1. The first-order valence-corrected chi connectivity index (χ1v) is 6.81. The summed E-state index contributed by atoms with van der Waals surface area (Å²) in [5.41, 5.74) is 0.635. The van der Waals surface area contributed by atoms with Crippen molar-refractivity contribution in [2.75, 3.05) is 6.54 Å². The lowest BCUT2D eigenvalue weighted by molar-refractivity contribution is -0.385. The van der Waals surface area contributed by atoms with Crippen LogP contribution in [-0.4, -0.2) is 19.9 Å². The van der Waals surface area contributed by atoms with Gasteiger partial charge < -0.3 is 0 Å². The van der Waals surface area contributed by atoms with Crippen molar-refractivity contribution in [3.63, 3.8) is 0 Å². The van der Waals surface area contributed by atoms with Gasteiger partial charge in [-0.05, 0) is 6.92 Å². The molecule has 18 heavy (non-hydrogen) atoms. The number of benzene rings is 1. The van der Waals surface area contributed by atoms with Crippen LogP contribution in [0.1, 0.15) is 12.5 Å². The number of rotatable bonds is 6. The van der Waals surface area contributed by atoms with Gasteiger partial charge in [-0.1, -0.05) is 30.4 Å². The lowest BCUT2D eigenvalue weighted by atomic mass is 10.2. The average Bonchev–Trinajstić information content (AvgIpc) is 2.26. The molecule has 0 aliphatic rings. The van der Waals surface area contributed by atoms with Gasteiger partial charge in [0.2, 0.25) is 10.0 Å². The van der Waals surface area contributed by atoms with E-state index in [2.05, 4.69) is 11.3 Å². The Kier molecular flexibility index (Phi) is 4.57. The molecule has 0 spiro atoms. The molecule has 7 heteroatoms. The smallest absolute Gasteiger partial charge is 0.258 e. The molecule has 6 nitrogen and oxygen atoms in total. The molecule has 0 unspecified atom stereocenters. The lowest BCUT2D eigenvalue weighted by Gasteiger charge is -2.06. The number of nitro groups is 1. The topological polar surface area (TPSA) is 89.3 Å². The molecule has 1 aromatic rings. The van der Waals surface area contributed by atoms with Crippen molar-refractivity contribution in [2.24, 2.45) is 0 Å². The average molecular weight is 270 g/mol. The van der Waals surface area contributed by atoms with Crippen molar-refractivity contribution in [1.82, 2.24) is 4.72 Å². The fourth-order valence-corrected chi connectivity index (χ4v) is 2.52. The van der Waals surface area contributed by atoms with Gasteiger partial charge in [-0.15, -0.1) is 0 Å². The van der Waals surface area contributed by atoms with Gasteiger partial charge in [-0.3, -0.25) is 10.1 Å². The molecule has 0 saturated carbocycles. The normalized spacial score (nSPS) is 11.2. The van der Waals surface area contributed by atoms with E-state index in [1.807, 2.05) is 0 Å². The molecule has 0 atom stereocenters. The fraction of sp³-hybridized carbons (Fsp3) is 0.273. The molecule has 1 aromatic carbocycles. The van der Waals surface area contributed by atoms with Crippen molar-refractivity contribution in [3.05, 3.63) is 52.1 Å². The van der Waals surface area contributed by atoms with Crippen molar-refractivity contribution in [2.45, 2.75) is 12.7 Å². The third-order valence-electron chi connectivity index (χ3n) is 2.13. The molecule has 0 aromatic heterocycles. The number of para-hydroxylation sites is 1. The monoisotopic (exact) mass is 270 g/mol. The van der Waals surface area contributed by atoms with Crippen LogP contribution in [0.25, 0.3) is 0 Å². The number of nitrogens with zero attached hydrogens (tertiary/aromatic N) is 1. The predicted molar refractivity (Wildman–Crippen MR) is 68.5 cm³/mol. The highest BCUT2D eigenvalue weighted by atomic mass is 32.2. The molecule has 98 valence electrons. The Labute approximate surface area is 106 Å². The highest BCUT2D eigenvalue weighted by Crippen LogP contribution is 2.19. The van der Waals surface area contributed by atoms with Crippen LogP contribution >= 0.6 is 0 Å². The summed E-state index contributed by atoms with van der Waals surface area (Å²) < 4.78 is 25.7. The maximum Gasteiger partial charge on any atom is 0.273 e. The first-order valence-electron chi connectivity index (χ1n) is 5.16. The first-order chi connectivity index (χ1) is 8.32. The zero-order valence-corrected chi connectivity index (χ0v) is 10.7. The Morgan fingerprint density at radius 2 is 2.06 bits per heavy atom. The molecule has 0 fully saturated rings. The van der Waals surface area contributed by atoms with E-state index in [1.165, 1.54) is 18.2 Å². The molecule has 1 N–H and O–H groups in total. The Hall–Kier alpha value is -1.73. The van der Waals surface area contributed by atoms with Gasteiger partial charge in [0, 0.05) is 18.2 Å². The minimum atomic E-state index is -3.60. The molecule has 0 aliphatic carbocycles. The maximum atomic E-state index is 11.7. The van der Waals surface area contributed by atoms with E-state index in [-0.39, 0.29) is 17.8 Å². The van der Waals surface area contributed by atoms with Gasteiger partial charge in [0.05, 0.1) is 10.7 Å². The molecule has 0 amide bonds. The lowest BCUT2D eigenvalue weighted by Crippen LogP contribution is -2.26. The van der Waals surface area contributed by atoms with Crippen LogP contribution in [0.5, 0.6) is 0 Å². The Morgan fingerprint density at radius 1 is 1.44 bits per heavy atom. The number of hydrogen-bond acceptors (Lipinski definition) is 4. The highest BCUT2D eigenvalue weighted by molar-refractivity contribution is 7.88. The van der Waals surface area contributed by atoms with Crippen molar-refractivity contribution < 1.29 is 13.3 Å². The van der Waals surface area contributed by atoms with E-state index < -0.39 is 20.7 Å². The Morgan fingerprint density at radius 3 is 2.61 bits per heavy atom. The standard InChI is InChI=1S/C11H14N2O4S/c1-9(2)7-12-18(16,17)8-10-5-3-4-6-11(10)13(14)15/h3-6,12H,1,7-8H2,2H3. The molecule has 0 aliphatic heterocycles. The van der Waals surface area contributed by atoms with E-state index in [0.29, 0.717) is 5.57 Å². The fourth-order valence-electron chi connectivity index (χ4n) is 1.30. The number of sulfonamides is 1. The third-order valence-corrected chi connectivity index (χ3v) is 3.40. The summed E-state index contributed by atoms with van der Waals surface area (Å²) >= 11 is 0. The van der Waals surface area contributed by atoms with Crippen molar-refractivity contribution >= 4 is 15.7 Å². The van der Waals surface area contributed by atoms with Crippen LogP contribution in [0.2, 0.25) is 0 Å². The van der Waals surface area contributed by atoms with Crippen molar-refractivity contribution in [3.8, 4) is 0 Å². The van der Waals surface area contributed by atoms with E-state index in [0.717, 1.165) is 0 Å². The van der Waals surface area contributed by atoms with Crippen LogP contribution in [0.4, 0.5) is 5.69 Å². The summed E-state index contributed by atoms with van der Waals surface area (Å²) in [5.74, 6) is -0.419. The zero-order chi connectivity index (χ0) is 13.8. The minimum absolute atomic E-state index is 0.128. The van der Waals surface area contributed by atoms with Gasteiger partial charge in [-0.2, -0.15) is 0 Å². The minimum Gasteiger partial charge on any atom is -0.258 e. The summed E-state index contributed by atoms with van der Waals surface area (Å²) in [4.78, 5) is 10.2.